The third-order valence-electron chi connectivity index (χ3n) is 4.95. The first-order valence-corrected chi connectivity index (χ1v) is 7.85. The van der Waals surface area contributed by atoms with Crippen LogP contribution in [0.1, 0.15) is 24.8 Å². The van der Waals surface area contributed by atoms with Crippen LogP contribution in [0.4, 0.5) is 4.39 Å². The number of carbonyl (C=O) groups excluding carboxylic acids is 1. The van der Waals surface area contributed by atoms with Crippen LogP contribution in [0.2, 0.25) is 0 Å². The minimum absolute atomic E-state index is 0.127. The summed E-state index contributed by atoms with van der Waals surface area (Å²) in [7, 11) is 0. The zero-order chi connectivity index (χ0) is 15.6. The Morgan fingerprint density at radius 1 is 1.41 bits per heavy atom. The van der Waals surface area contributed by atoms with Crippen LogP contribution in [-0.2, 0) is 16.0 Å². The number of benzene rings is 1. The van der Waals surface area contributed by atoms with Gasteiger partial charge in [-0.2, -0.15) is 0 Å². The molecular weight excluding hydrogens is 285 g/mol. The van der Waals surface area contributed by atoms with Gasteiger partial charge in [-0.1, -0.05) is 12.1 Å². The van der Waals surface area contributed by atoms with Crippen LogP contribution in [0, 0.1) is 11.2 Å². The number of nitrogens with zero attached hydrogens (tertiary/aromatic N) is 1. The lowest BCUT2D eigenvalue weighted by Gasteiger charge is -2.38. The average Bonchev–Trinajstić information content (AvgIpc) is 2.90. The first-order chi connectivity index (χ1) is 10.6. The molecule has 2 fully saturated rings. The first kappa shape index (κ1) is 15.4. The molecule has 2 aliphatic rings. The van der Waals surface area contributed by atoms with E-state index in [-0.39, 0.29) is 23.2 Å². The van der Waals surface area contributed by atoms with Crippen molar-refractivity contribution >= 4 is 5.91 Å². The molecule has 1 atom stereocenters. The highest BCUT2D eigenvalue weighted by molar-refractivity contribution is 5.77. The van der Waals surface area contributed by atoms with Gasteiger partial charge in [0.15, 0.2) is 0 Å². The van der Waals surface area contributed by atoms with E-state index in [1.54, 1.807) is 17.0 Å². The molecule has 1 aromatic rings. The van der Waals surface area contributed by atoms with Gasteiger partial charge in [-0.25, -0.2) is 4.39 Å². The minimum atomic E-state index is -0.411. The van der Waals surface area contributed by atoms with Gasteiger partial charge < -0.3 is 14.7 Å². The molecule has 2 heterocycles. The summed E-state index contributed by atoms with van der Waals surface area (Å²) < 4.78 is 19.2. The second kappa shape index (κ2) is 6.34. The maximum absolute atomic E-state index is 13.2. The summed E-state index contributed by atoms with van der Waals surface area (Å²) in [4.78, 5) is 13.2. The summed E-state index contributed by atoms with van der Waals surface area (Å²) in [6, 6.07) is 6.68. The maximum atomic E-state index is 13.2. The quantitative estimate of drug-likeness (QED) is 0.926. The van der Waals surface area contributed by atoms with Crippen molar-refractivity contribution in [1.82, 2.24) is 4.90 Å². The number of aliphatic hydroxyl groups excluding tert-OH is 1. The molecule has 0 unspecified atom stereocenters. The molecule has 1 spiro atoms. The van der Waals surface area contributed by atoms with Gasteiger partial charge in [0.25, 0.3) is 0 Å². The van der Waals surface area contributed by atoms with Gasteiger partial charge in [0.1, 0.15) is 12.4 Å². The first-order valence-electron chi connectivity index (χ1n) is 7.85. The zero-order valence-corrected chi connectivity index (χ0v) is 12.6. The van der Waals surface area contributed by atoms with Gasteiger partial charge in [-0.15, -0.1) is 0 Å². The summed E-state index contributed by atoms with van der Waals surface area (Å²) >= 11 is 0. The topological polar surface area (TPSA) is 49.8 Å². The van der Waals surface area contributed by atoms with Gasteiger partial charge >= 0.3 is 0 Å². The summed E-state index contributed by atoms with van der Waals surface area (Å²) in [6.45, 7) is 1.69. The molecule has 1 amide bonds. The van der Waals surface area contributed by atoms with Gasteiger partial charge in [0.05, 0.1) is 12.7 Å². The summed E-state index contributed by atoms with van der Waals surface area (Å²) in [5.41, 5.74) is 1.11. The van der Waals surface area contributed by atoms with Crippen molar-refractivity contribution < 1.29 is 19.0 Å². The predicted octanol–water partition coefficient (Wildman–Crippen LogP) is 1.76. The second-order valence-corrected chi connectivity index (χ2v) is 6.51. The highest BCUT2D eigenvalue weighted by Gasteiger charge is 2.42. The largest absolute Gasteiger partial charge is 0.387 e. The number of piperidine rings is 1. The Bertz CT molecular complexity index is 540. The highest BCUT2D eigenvalue weighted by Crippen LogP contribution is 2.42. The van der Waals surface area contributed by atoms with Crippen LogP contribution >= 0.6 is 0 Å². The standard InChI is InChI=1S/C17H22FNO3/c18-14-3-1-2-13(8-14)9-15-10-17(12-22-15)4-6-19(7-5-17)16(21)11-20/h1-3,8,15,20H,4-7,9-12H2/t15-/m0/s1. The van der Waals surface area contributed by atoms with Crippen molar-refractivity contribution in [3.63, 3.8) is 0 Å². The average molecular weight is 307 g/mol. The van der Waals surface area contributed by atoms with Gasteiger partial charge in [-0.05, 0) is 48.8 Å². The van der Waals surface area contributed by atoms with E-state index in [9.17, 15) is 9.18 Å². The fraction of sp³-hybridized carbons (Fsp3) is 0.588. The molecule has 22 heavy (non-hydrogen) atoms. The number of amides is 1. The van der Waals surface area contributed by atoms with Gasteiger partial charge in [0.2, 0.25) is 5.91 Å². The molecule has 1 aromatic carbocycles. The Labute approximate surface area is 129 Å². The molecule has 1 N–H and O–H groups in total. The number of aliphatic hydroxyl groups is 1. The van der Waals surface area contributed by atoms with E-state index in [4.69, 9.17) is 9.84 Å². The van der Waals surface area contributed by atoms with Crippen LogP contribution in [-0.4, -0.2) is 48.3 Å². The lowest BCUT2D eigenvalue weighted by molar-refractivity contribution is -0.136. The minimum Gasteiger partial charge on any atom is -0.387 e. The normalized spacial score (nSPS) is 23.9. The van der Waals surface area contributed by atoms with Crippen LogP contribution in [0.3, 0.4) is 0 Å². The number of hydrogen-bond acceptors (Lipinski definition) is 3. The van der Waals surface area contributed by atoms with Crippen LogP contribution in [0.15, 0.2) is 24.3 Å². The van der Waals surface area contributed by atoms with E-state index in [0.29, 0.717) is 19.7 Å². The third-order valence-corrected chi connectivity index (χ3v) is 4.95. The molecule has 0 radical (unpaired) electrons. The SMILES string of the molecule is O=C(CO)N1CCC2(CC1)CO[C@@H](Cc1cccc(F)c1)C2. The maximum Gasteiger partial charge on any atom is 0.248 e. The lowest BCUT2D eigenvalue weighted by Crippen LogP contribution is -2.44. The van der Waals surface area contributed by atoms with Crippen molar-refractivity contribution in [2.45, 2.75) is 31.8 Å². The van der Waals surface area contributed by atoms with Crippen molar-refractivity contribution in [2.75, 3.05) is 26.3 Å². The molecule has 5 heteroatoms. The fourth-order valence-electron chi connectivity index (χ4n) is 3.63. The summed E-state index contributed by atoms with van der Waals surface area (Å²) in [5.74, 6) is -0.397. The zero-order valence-electron chi connectivity index (χ0n) is 12.6. The molecule has 0 aliphatic carbocycles. The number of halogens is 1. The summed E-state index contributed by atoms with van der Waals surface area (Å²) in [5, 5.41) is 8.93. The molecule has 3 rings (SSSR count). The molecule has 0 saturated carbocycles. The van der Waals surface area contributed by atoms with E-state index in [0.717, 1.165) is 31.2 Å². The molecule has 0 aromatic heterocycles. The number of ether oxygens (including phenoxy) is 1. The van der Waals surface area contributed by atoms with Crippen molar-refractivity contribution in [3.8, 4) is 0 Å². The summed E-state index contributed by atoms with van der Waals surface area (Å²) in [6.07, 6.45) is 3.65. The Morgan fingerprint density at radius 2 is 2.18 bits per heavy atom. The smallest absolute Gasteiger partial charge is 0.248 e. The number of carbonyl (C=O) groups is 1. The van der Waals surface area contributed by atoms with Crippen molar-refractivity contribution in [2.24, 2.45) is 5.41 Å². The molecular formula is C17H22FNO3. The lowest BCUT2D eigenvalue weighted by atomic mass is 9.76. The Balaban J connectivity index is 1.55. The molecule has 2 saturated heterocycles. The third kappa shape index (κ3) is 3.31. The van der Waals surface area contributed by atoms with Crippen molar-refractivity contribution in [3.05, 3.63) is 35.6 Å². The fourth-order valence-corrected chi connectivity index (χ4v) is 3.63. The van der Waals surface area contributed by atoms with Crippen LogP contribution in [0.5, 0.6) is 0 Å². The van der Waals surface area contributed by atoms with Crippen LogP contribution < -0.4 is 0 Å². The molecule has 4 nitrogen and oxygen atoms in total. The van der Waals surface area contributed by atoms with E-state index in [1.165, 1.54) is 6.07 Å². The van der Waals surface area contributed by atoms with Crippen molar-refractivity contribution in [1.29, 1.82) is 0 Å². The Hall–Kier alpha value is -1.46. The molecule has 2 aliphatic heterocycles. The number of rotatable bonds is 3. The second-order valence-electron chi connectivity index (χ2n) is 6.51. The van der Waals surface area contributed by atoms with E-state index >= 15 is 0 Å². The predicted molar refractivity (Wildman–Crippen MR) is 79.8 cm³/mol. The molecule has 0 bridgehead atoms. The highest BCUT2D eigenvalue weighted by atomic mass is 19.1. The van der Waals surface area contributed by atoms with E-state index in [1.807, 2.05) is 6.07 Å². The van der Waals surface area contributed by atoms with E-state index < -0.39 is 6.61 Å². The monoisotopic (exact) mass is 307 g/mol. The van der Waals surface area contributed by atoms with E-state index in [2.05, 4.69) is 0 Å². The van der Waals surface area contributed by atoms with Crippen LogP contribution in [0.25, 0.3) is 0 Å². The Kier molecular flexibility index (Phi) is 4.45. The van der Waals surface area contributed by atoms with Gasteiger partial charge in [0, 0.05) is 13.1 Å². The Morgan fingerprint density at radius 3 is 2.86 bits per heavy atom. The number of likely N-dealkylation sites (tertiary alicyclic amines) is 1. The molecule has 120 valence electrons. The number of hydrogen-bond donors (Lipinski definition) is 1. The van der Waals surface area contributed by atoms with Gasteiger partial charge in [-0.3, -0.25) is 4.79 Å².